The van der Waals surface area contributed by atoms with Gasteiger partial charge in [-0.05, 0) is 24.5 Å². The van der Waals surface area contributed by atoms with Crippen molar-refractivity contribution in [2.45, 2.75) is 43.7 Å². The summed E-state index contributed by atoms with van der Waals surface area (Å²) >= 11 is 0. The van der Waals surface area contributed by atoms with Crippen molar-refractivity contribution in [1.29, 1.82) is 0 Å². The molecule has 0 aromatic carbocycles. The highest BCUT2D eigenvalue weighted by molar-refractivity contribution is 6.07. The molecule has 3 aliphatic rings. The van der Waals surface area contributed by atoms with E-state index in [9.17, 15) is 14.4 Å². The van der Waals surface area contributed by atoms with Crippen LogP contribution in [0.15, 0.2) is 24.5 Å². The smallest absolute Gasteiger partial charge is 0.325 e. The summed E-state index contributed by atoms with van der Waals surface area (Å²) in [5.41, 5.74) is 0.269. The quantitative estimate of drug-likeness (QED) is 0.764. The number of nitrogens with one attached hydrogen (secondary N) is 2. The summed E-state index contributed by atoms with van der Waals surface area (Å²) in [5, 5.41) is 6.17. The average molecular weight is 371 g/mol. The standard InChI is InChI=1S/C19H25N5O3/c25-16(23-11-9-21-13-15(23)14-4-3-8-20-12-14)5-10-24-17(26)19(22-18(24)27)6-1-2-7-19/h3-4,8,12,15,21H,1-2,5-7,9-11,13H2,(H,22,27). The van der Waals surface area contributed by atoms with Crippen LogP contribution in [0.1, 0.15) is 43.7 Å². The summed E-state index contributed by atoms with van der Waals surface area (Å²) in [6.07, 6.45) is 6.93. The average Bonchev–Trinajstić information content (AvgIpc) is 3.26. The minimum atomic E-state index is -0.715. The fraction of sp³-hybridized carbons (Fsp3) is 0.579. The zero-order chi connectivity index (χ0) is 18.9. The number of amides is 4. The number of pyridine rings is 1. The number of carbonyl (C=O) groups is 3. The predicted molar refractivity (Wildman–Crippen MR) is 97.6 cm³/mol. The topological polar surface area (TPSA) is 94.6 Å². The fourth-order valence-corrected chi connectivity index (χ4v) is 4.42. The van der Waals surface area contributed by atoms with E-state index in [4.69, 9.17) is 0 Å². The van der Waals surface area contributed by atoms with Gasteiger partial charge in [0.2, 0.25) is 5.91 Å². The van der Waals surface area contributed by atoms with Gasteiger partial charge in [-0.25, -0.2) is 4.79 Å². The van der Waals surface area contributed by atoms with Crippen molar-refractivity contribution in [3.63, 3.8) is 0 Å². The normalized spacial score (nSPS) is 24.5. The molecule has 144 valence electrons. The van der Waals surface area contributed by atoms with Crippen LogP contribution in [0.3, 0.4) is 0 Å². The van der Waals surface area contributed by atoms with Gasteiger partial charge in [0.1, 0.15) is 5.54 Å². The van der Waals surface area contributed by atoms with E-state index >= 15 is 0 Å². The van der Waals surface area contributed by atoms with Crippen LogP contribution in [-0.4, -0.2) is 64.3 Å². The van der Waals surface area contributed by atoms with Crippen molar-refractivity contribution in [1.82, 2.24) is 25.4 Å². The predicted octanol–water partition coefficient (Wildman–Crippen LogP) is 0.809. The van der Waals surface area contributed by atoms with E-state index in [0.29, 0.717) is 25.9 Å². The molecule has 4 rings (SSSR count). The highest BCUT2D eigenvalue weighted by Gasteiger charge is 2.52. The fourth-order valence-electron chi connectivity index (χ4n) is 4.42. The van der Waals surface area contributed by atoms with E-state index in [2.05, 4.69) is 15.6 Å². The SMILES string of the molecule is O=C1NC2(CCCC2)C(=O)N1CCC(=O)N1CCNCC1c1cccnc1. The maximum Gasteiger partial charge on any atom is 0.325 e. The number of piperazine rings is 1. The molecular weight excluding hydrogens is 346 g/mol. The third-order valence-corrected chi connectivity index (χ3v) is 5.89. The Kier molecular flexibility index (Phi) is 4.82. The Morgan fingerprint density at radius 3 is 2.85 bits per heavy atom. The van der Waals surface area contributed by atoms with Crippen LogP contribution in [-0.2, 0) is 9.59 Å². The first kappa shape index (κ1) is 17.9. The summed E-state index contributed by atoms with van der Waals surface area (Å²) in [6, 6.07) is 3.38. The van der Waals surface area contributed by atoms with E-state index in [-0.39, 0.29) is 36.9 Å². The van der Waals surface area contributed by atoms with Crippen LogP contribution >= 0.6 is 0 Å². The lowest BCUT2D eigenvalue weighted by molar-refractivity contribution is -0.136. The van der Waals surface area contributed by atoms with Crippen molar-refractivity contribution in [2.75, 3.05) is 26.2 Å². The second-order valence-electron chi connectivity index (χ2n) is 7.52. The Labute approximate surface area is 158 Å². The monoisotopic (exact) mass is 371 g/mol. The first-order valence-electron chi connectivity index (χ1n) is 9.65. The molecule has 1 unspecified atom stereocenters. The van der Waals surface area contributed by atoms with Crippen LogP contribution < -0.4 is 10.6 Å². The first-order chi connectivity index (χ1) is 13.1. The summed E-state index contributed by atoms with van der Waals surface area (Å²) in [5.74, 6) is -0.208. The number of nitrogens with zero attached hydrogens (tertiary/aromatic N) is 3. The molecule has 2 N–H and O–H groups in total. The lowest BCUT2D eigenvalue weighted by atomic mass is 9.98. The second kappa shape index (κ2) is 7.26. The van der Waals surface area contributed by atoms with Gasteiger partial charge < -0.3 is 15.5 Å². The van der Waals surface area contributed by atoms with Crippen molar-refractivity contribution in [3.05, 3.63) is 30.1 Å². The lowest BCUT2D eigenvalue weighted by Gasteiger charge is -2.36. The molecule has 0 bridgehead atoms. The van der Waals surface area contributed by atoms with Crippen LogP contribution in [0, 0.1) is 0 Å². The number of imide groups is 1. The summed E-state index contributed by atoms with van der Waals surface area (Å²) < 4.78 is 0. The zero-order valence-electron chi connectivity index (χ0n) is 15.3. The molecule has 8 nitrogen and oxygen atoms in total. The first-order valence-corrected chi connectivity index (χ1v) is 9.65. The van der Waals surface area contributed by atoms with Crippen molar-refractivity contribution >= 4 is 17.8 Å². The van der Waals surface area contributed by atoms with Gasteiger partial charge in [-0.15, -0.1) is 0 Å². The second-order valence-corrected chi connectivity index (χ2v) is 7.52. The number of urea groups is 1. The molecule has 0 radical (unpaired) electrons. The Balaban J connectivity index is 1.41. The highest BCUT2D eigenvalue weighted by Crippen LogP contribution is 2.35. The molecule has 2 aliphatic heterocycles. The van der Waals surface area contributed by atoms with Gasteiger partial charge in [-0.3, -0.25) is 19.5 Å². The highest BCUT2D eigenvalue weighted by atomic mass is 16.2. The molecule has 1 aromatic rings. The molecule has 1 atom stereocenters. The molecule has 8 heteroatoms. The van der Waals surface area contributed by atoms with Crippen molar-refractivity contribution in [3.8, 4) is 0 Å². The van der Waals surface area contributed by atoms with Gasteiger partial charge in [0, 0.05) is 45.0 Å². The number of rotatable bonds is 4. The number of hydrogen-bond donors (Lipinski definition) is 2. The van der Waals surface area contributed by atoms with E-state index < -0.39 is 5.54 Å². The molecule has 1 aliphatic carbocycles. The molecule has 1 spiro atoms. The Morgan fingerprint density at radius 2 is 2.11 bits per heavy atom. The van der Waals surface area contributed by atoms with E-state index in [1.807, 2.05) is 17.0 Å². The van der Waals surface area contributed by atoms with E-state index in [1.54, 1.807) is 12.4 Å². The Morgan fingerprint density at radius 1 is 1.30 bits per heavy atom. The molecule has 1 saturated carbocycles. The third kappa shape index (κ3) is 3.29. The number of hydrogen-bond acceptors (Lipinski definition) is 5. The molecule has 27 heavy (non-hydrogen) atoms. The Bertz CT molecular complexity index is 732. The van der Waals surface area contributed by atoms with Crippen LogP contribution in [0.5, 0.6) is 0 Å². The van der Waals surface area contributed by atoms with Crippen molar-refractivity contribution < 1.29 is 14.4 Å². The number of aromatic nitrogens is 1. The maximum atomic E-state index is 12.9. The zero-order valence-corrected chi connectivity index (χ0v) is 15.3. The summed E-state index contributed by atoms with van der Waals surface area (Å²) in [4.78, 5) is 45.1. The lowest BCUT2D eigenvalue weighted by Crippen LogP contribution is -2.49. The van der Waals surface area contributed by atoms with Gasteiger partial charge in [0.15, 0.2) is 0 Å². The van der Waals surface area contributed by atoms with E-state index in [1.165, 1.54) is 4.90 Å². The van der Waals surface area contributed by atoms with E-state index in [0.717, 1.165) is 24.9 Å². The van der Waals surface area contributed by atoms with Gasteiger partial charge >= 0.3 is 6.03 Å². The van der Waals surface area contributed by atoms with Crippen molar-refractivity contribution in [2.24, 2.45) is 0 Å². The van der Waals surface area contributed by atoms with Gasteiger partial charge in [-0.2, -0.15) is 0 Å². The molecule has 3 fully saturated rings. The summed E-state index contributed by atoms with van der Waals surface area (Å²) in [7, 11) is 0. The molecule has 4 amide bonds. The maximum absolute atomic E-state index is 12.9. The molecule has 3 heterocycles. The van der Waals surface area contributed by atoms with Gasteiger partial charge in [0.05, 0.1) is 6.04 Å². The third-order valence-electron chi connectivity index (χ3n) is 5.89. The molecule has 1 aromatic heterocycles. The molecule has 2 saturated heterocycles. The minimum Gasteiger partial charge on any atom is -0.333 e. The van der Waals surface area contributed by atoms with Crippen LogP contribution in [0.4, 0.5) is 4.79 Å². The molecular formula is C19H25N5O3. The minimum absolute atomic E-state index is 0.0432. The Hall–Kier alpha value is -2.48. The number of carbonyl (C=O) groups excluding carboxylic acids is 3. The van der Waals surface area contributed by atoms with Gasteiger partial charge in [0.25, 0.3) is 5.91 Å². The van der Waals surface area contributed by atoms with Crippen LogP contribution in [0.2, 0.25) is 0 Å². The van der Waals surface area contributed by atoms with Crippen LogP contribution in [0.25, 0.3) is 0 Å². The van der Waals surface area contributed by atoms with Gasteiger partial charge in [-0.1, -0.05) is 18.9 Å². The largest absolute Gasteiger partial charge is 0.333 e. The summed E-state index contributed by atoms with van der Waals surface area (Å²) in [6.45, 7) is 2.13.